The molecule has 0 amide bonds. The van der Waals surface area contributed by atoms with E-state index in [1.165, 1.54) is 5.56 Å². The van der Waals surface area contributed by atoms with E-state index in [1.54, 1.807) is 7.11 Å². The van der Waals surface area contributed by atoms with Crippen LogP contribution in [0.4, 0.5) is 0 Å². The third kappa shape index (κ3) is 5.48. The summed E-state index contributed by atoms with van der Waals surface area (Å²) in [4.78, 5) is 0. The Labute approximate surface area is 118 Å². The monoisotopic (exact) mass is 315 g/mol. The molecule has 0 aliphatic rings. The first-order chi connectivity index (χ1) is 8.79. The van der Waals surface area contributed by atoms with E-state index in [0.717, 1.165) is 23.9 Å². The zero-order chi connectivity index (χ0) is 13.2. The normalized spacial score (nSPS) is 12.6. The molecular weight excluding hydrogens is 294 g/mol. The van der Waals surface area contributed by atoms with E-state index >= 15 is 0 Å². The Kier molecular flexibility index (Phi) is 8.25. The molecule has 1 aromatic carbocycles. The molecule has 3 nitrogen and oxygen atoms in total. The fourth-order valence-corrected chi connectivity index (χ4v) is 2.49. The first kappa shape index (κ1) is 15.6. The van der Waals surface area contributed by atoms with Crippen molar-refractivity contribution < 1.29 is 9.47 Å². The van der Waals surface area contributed by atoms with Gasteiger partial charge in [-0.25, -0.2) is 0 Å². The summed E-state index contributed by atoms with van der Waals surface area (Å²) < 4.78 is 11.5. The Hall–Kier alpha value is -0.420. The summed E-state index contributed by atoms with van der Waals surface area (Å²) in [6.07, 6.45) is 2.07. The second kappa shape index (κ2) is 9.50. The molecule has 102 valence electrons. The highest BCUT2D eigenvalue weighted by molar-refractivity contribution is 9.10. The summed E-state index contributed by atoms with van der Waals surface area (Å²) in [7, 11) is 1.68. The van der Waals surface area contributed by atoms with Crippen LogP contribution >= 0.6 is 15.9 Å². The molecular formula is C14H22BrNO2. The number of methoxy groups -OCH3 is 1. The molecule has 0 aromatic heterocycles. The molecule has 18 heavy (non-hydrogen) atoms. The molecule has 1 unspecified atom stereocenters. The van der Waals surface area contributed by atoms with Gasteiger partial charge in [-0.2, -0.15) is 0 Å². The van der Waals surface area contributed by atoms with Crippen LogP contribution in [0.25, 0.3) is 0 Å². The summed E-state index contributed by atoms with van der Waals surface area (Å²) in [6.45, 7) is 2.76. The maximum Gasteiger partial charge on any atom is 0.0700 e. The van der Waals surface area contributed by atoms with Gasteiger partial charge in [-0.3, -0.25) is 0 Å². The fraction of sp³-hybridized carbons (Fsp3) is 0.571. The molecule has 2 N–H and O–H groups in total. The first-order valence-corrected chi connectivity index (χ1v) is 7.10. The third-order valence-corrected chi connectivity index (χ3v) is 3.62. The largest absolute Gasteiger partial charge is 0.382 e. The molecule has 0 heterocycles. The van der Waals surface area contributed by atoms with Crippen molar-refractivity contribution in [3.05, 3.63) is 34.3 Å². The predicted molar refractivity (Wildman–Crippen MR) is 77.9 cm³/mol. The van der Waals surface area contributed by atoms with Crippen LogP contribution in [0.15, 0.2) is 28.7 Å². The highest BCUT2D eigenvalue weighted by Crippen LogP contribution is 2.27. The topological polar surface area (TPSA) is 44.5 Å². The van der Waals surface area contributed by atoms with Gasteiger partial charge in [0, 0.05) is 18.2 Å². The zero-order valence-corrected chi connectivity index (χ0v) is 12.5. The van der Waals surface area contributed by atoms with Gasteiger partial charge >= 0.3 is 0 Å². The number of ether oxygens (including phenoxy) is 2. The van der Waals surface area contributed by atoms with E-state index in [2.05, 4.69) is 34.1 Å². The molecule has 0 bridgehead atoms. The van der Waals surface area contributed by atoms with Gasteiger partial charge in [-0.1, -0.05) is 34.1 Å². The average Bonchev–Trinajstić information content (AvgIpc) is 2.39. The minimum atomic E-state index is 0.395. The number of hydrogen-bond acceptors (Lipinski definition) is 3. The van der Waals surface area contributed by atoms with Crippen molar-refractivity contribution in [1.82, 2.24) is 0 Å². The first-order valence-electron chi connectivity index (χ1n) is 6.30. The van der Waals surface area contributed by atoms with E-state index in [-0.39, 0.29) is 0 Å². The Morgan fingerprint density at radius 3 is 2.67 bits per heavy atom. The van der Waals surface area contributed by atoms with Crippen molar-refractivity contribution in [1.29, 1.82) is 0 Å². The molecule has 0 radical (unpaired) electrons. The van der Waals surface area contributed by atoms with Crippen LogP contribution in [-0.2, 0) is 9.47 Å². The molecule has 0 saturated carbocycles. The minimum Gasteiger partial charge on any atom is -0.382 e. The smallest absolute Gasteiger partial charge is 0.0700 e. The van der Waals surface area contributed by atoms with E-state index in [0.29, 0.717) is 25.7 Å². The van der Waals surface area contributed by atoms with E-state index < -0.39 is 0 Å². The minimum absolute atomic E-state index is 0.395. The van der Waals surface area contributed by atoms with E-state index in [9.17, 15) is 0 Å². The van der Waals surface area contributed by atoms with Crippen molar-refractivity contribution in [2.24, 2.45) is 5.73 Å². The second-order valence-electron chi connectivity index (χ2n) is 4.20. The lowest BCUT2D eigenvalue weighted by molar-refractivity contribution is 0.0682. The van der Waals surface area contributed by atoms with Crippen molar-refractivity contribution >= 4 is 15.9 Å². The van der Waals surface area contributed by atoms with Gasteiger partial charge in [0.25, 0.3) is 0 Å². The number of nitrogens with two attached hydrogens (primary N) is 1. The summed E-state index contributed by atoms with van der Waals surface area (Å²) in [5, 5.41) is 0. The van der Waals surface area contributed by atoms with Gasteiger partial charge in [0.15, 0.2) is 0 Å². The highest BCUT2D eigenvalue weighted by atomic mass is 79.9. The number of hydrogen-bond donors (Lipinski definition) is 1. The quantitative estimate of drug-likeness (QED) is 0.713. The molecule has 1 aromatic rings. The summed E-state index contributed by atoms with van der Waals surface area (Å²) >= 11 is 3.58. The summed E-state index contributed by atoms with van der Waals surface area (Å²) in [6, 6.07) is 8.27. The third-order valence-electron chi connectivity index (χ3n) is 2.90. The lowest BCUT2D eigenvalue weighted by atomic mass is 9.94. The van der Waals surface area contributed by atoms with Crippen molar-refractivity contribution in [3.8, 4) is 0 Å². The average molecular weight is 316 g/mol. The van der Waals surface area contributed by atoms with E-state index in [4.69, 9.17) is 15.2 Å². The number of benzene rings is 1. The number of halogens is 1. The summed E-state index contributed by atoms with van der Waals surface area (Å²) in [5.41, 5.74) is 7.14. The fourth-order valence-electron chi connectivity index (χ4n) is 1.88. The van der Waals surface area contributed by atoms with Gasteiger partial charge in [0.2, 0.25) is 0 Å². The zero-order valence-electron chi connectivity index (χ0n) is 10.9. The van der Waals surface area contributed by atoms with Gasteiger partial charge in [0.05, 0.1) is 13.2 Å². The van der Waals surface area contributed by atoms with Crippen LogP contribution in [0.5, 0.6) is 0 Å². The second-order valence-corrected chi connectivity index (χ2v) is 5.06. The molecule has 0 aliphatic carbocycles. The molecule has 1 atom stereocenters. The molecule has 0 fully saturated rings. The molecule has 4 heteroatoms. The van der Waals surface area contributed by atoms with Gasteiger partial charge in [-0.05, 0) is 36.9 Å². The predicted octanol–water partition coefficient (Wildman–Crippen LogP) is 2.93. The van der Waals surface area contributed by atoms with Crippen molar-refractivity contribution in [3.63, 3.8) is 0 Å². The molecule has 0 saturated heterocycles. The lowest BCUT2D eigenvalue weighted by Crippen LogP contribution is -2.14. The maximum atomic E-state index is 5.85. The summed E-state index contributed by atoms with van der Waals surface area (Å²) in [5.74, 6) is 0.395. The van der Waals surface area contributed by atoms with Crippen molar-refractivity contribution in [2.75, 3.05) is 33.5 Å². The standard InChI is InChI=1S/C14H22BrNO2/c1-17-9-10-18-8-4-5-12(11-16)13-6-2-3-7-14(13)15/h2-3,6-7,12H,4-5,8-11,16H2,1H3. The van der Waals surface area contributed by atoms with Crippen LogP contribution < -0.4 is 5.73 Å². The Morgan fingerprint density at radius 1 is 1.22 bits per heavy atom. The highest BCUT2D eigenvalue weighted by Gasteiger charge is 2.11. The van der Waals surface area contributed by atoms with Crippen LogP contribution in [0.3, 0.4) is 0 Å². The van der Waals surface area contributed by atoms with Crippen LogP contribution in [0, 0.1) is 0 Å². The Bertz CT molecular complexity index is 333. The van der Waals surface area contributed by atoms with Crippen LogP contribution in [-0.4, -0.2) is 33.5 Å². The van der Waals surface area contributed by atoms with Crippen LogP contribution in [0.1, 0.15) is 24.3 Å². The number of rotatable bonds is 9. The van der Waals surface area contributed by atoms with Gasteiger partial charge in [-0.15, -0.1) is 0 Å². The van der Waals surface area contributed by atoms with Gasteiger partial charge in [0.1, 0.15) is 0 Å². The lowest BCUT2D eigenvalue weighted by Gasteiger charge is -2.16. The SMILES string of the molecule is COCCOCCCC(CN)c1ccccc1Br. The van der Waals surface area contributed by atoms with E-state index in [1.807, 2.05) is 6.07 Å². The molecule has 1 rings (SSSR count). The molecule has 0 aliphatic heterocycles. The maximum absolute atomic E-state index is 5.85. The Balaban J connectivity index is 2.32. The molecule has 0 spiro atoms. The van der Waals surface area contributed by atoms with Crippen LogP contribution in [0.2, 0.25) is 0 Å². The van der Waals surface area contributed by atoms with Gasteiger partial charge < -0.3 is 15.2 Å². The Morgan fingerprint density at radius 2 is 2.00 bits per heavy atom. The van der Waals surface area contributed by atoms with Crippen molar-refractivity contribution in [2.45, 2.75) is 18.8 Å².